The van der Waals surface area contributed by atoms with Crippen molar-refractivity contribution in [3.8, 4) is 12.1 Å². The third kappa shape index (κ3) is 2.71. The van der Waals surface area contributed by atoms with Gasteiger partial charge in [-0.3, -0.25) is 0 Å². The summed E-state index contributed by atoms with van der Waals surface area (Å²) in [5, 5.41) is 17.5. The predicted molar refractivity (Wildman–Crippen MR) is 62.4 cm³/mol. The standard InChI is InChI=1S/C11H10BrN3/c1-15(7-3-6-13)11-5-2-4-10(12)9(11)8-14/h2,4-5H,3,7H2,1H3. The van der Waals surface area contributed by atoms with Crippen LogP contribution in [-0.4, -0.2) is 13.6 Å². The molecule has 0 radical (unpaired) electrons. The molecule has 0 fully saturated rings. The molecule has 3 nitrogen and oxygen atoms in total. The minimum Gasteiger partial charge on any atom is -0.372 e. The molecule has 0 heterocycles. The molecule has 15 heavy (non-hydrogen) atoms. The van der Waals surface area contributed by atoms with Crippen molar-refractivity contribution in [1.82, 2.24) is 0 Å². The zero-order valence-electron chi connectivity index (χ0n) is 8.37. The molecule has 0 saturated carbocycles. The minimum atomic E-state index is 0.452. The minimum absolute atomic E-state index is 0.452. The highest BCUT2D eigenvalue weighted by molar-refractivity contribution is 9.10. The Labute approximate surface area is 97.7 Å². The zero-order valence-corrected chi connectivity index (χ0v) is 9.95. The molecule has 0 saturated heterocycles. The summed E-state index contributed by atoms with van der Waals surface area (Å²) in [6, 6.07) is 9.82. The Balaban J connectivity index is 3.00. The van der Waals surface area contributed by atoms with E-state index in [1.807, 2.05) is 30.1 Å². The number of benzene rings is 1. The van der Waals surface area contributed by atoms with E-state index in [1.54, 1.807) is 0 Å². The van der Waals surface area contributed by atoms with Gasteiger partial charge in [0.25, 0.3) is 0 Å². The number of hydrogen-bond acceptors (Lipinski definition) is 3. The van der Waals surface area contributed by atoms with Gasteiger partial charge in [-0.05, 0) is 28.1 Å². The molecule has 0 spiro atoms. The molecular formula is C11H10BrN3. The molecule has 0 atom stereocenters. The topological polar surface area (TPSA) is 50.8 Å². The summed E-state index contributed by atoms with van der Waals surface area (Å²) >= 11 is 3.33. The summed E-state index contributed by atoms with van der Waals surface area (Å²) in [4.78, 5) is 1.91. The van der Waals surface area contributed by atoms with Crippen molar-refractivity contribution in [1.29, 1.82) is 10.5 Å². The molecular weight excluding hydrogens is 254 g/mol. The van der Waals surface area contributed by atoms with Gasteiger partial charge in [0.2, 0.25) is 0 Å². The van der Waals surface area contributed by atoms with Gasteiger partial charge in [-0.2, -0.15) is 10.5 Å². The zero-order chi connectivity index (χ0) is 11.3. The van der Waals surface area contributed by atoms with E-state index >= 15 is 0 Å². The highest BCUT2D eigenvalue weighted by Crippen LogP contribution is 2.26. The van der Waals surface area contributed by atoms with Crippen LogP contribution in [0.5, 0.6) is 0 Å². The average molecular weight is 264 g/mol. The molecule has 0 aromatic heterocycles. The fraction of sp³-hybridized carbons (Fsp3) is 0.273. The van der Waals surface area contributed by atoms with E-state index in [0.29, 0.717) is 18.5 Å². The van der Waals surface area contributed by atoms with Gasteiger partial charge in [0.05, 0.1) is 23.7 Å². The Kier molecular flexibility index (Phi) is 4.15. The summed E-state index contributed by atoms with van der Waals surface area (Å²) in [7, 11) is 1.87. The molecule has 0 aliphatic rings. The fourth-order valence-corrected chi connectivity index (χ4v) is 1.72. The molecule has 1 rings (SSSR count). The number of rotatable bonds is 3. The van der Waals surface area contributed by atoms with Crippen molar-refractivity contribution in [2.75, 3.05) is 18.5 Å². The van der Waals surface area contributed by atoms with Crippen molar-refractivity contribution in [2.45, 2.75) is 6.42 Å². The third-order valence-electron chi connectivity index (χ3n) is 2.07. The molecule has 0 aliphatic carbocycles. The maximum Gasteiger partial charge on any atom is 0.103 e. The Morgan fingerprint density at radius 2 is 2.13 bits per heavy atom. The van der Waals surface area contributed by atoms with Crippen LogP contribution in [0.15, 0.2) is 22.7 Å². The lowest BCUT2D eigenvalue weighted by atomic mass is 10.2. The second-order valence-corrected chi connectivity index (χ2v) is 3.93. The second kappa shape index (κ2) is 5.38. The van der Waals surface area contributed by atoms with Crippen LogP contribution in [0.4, 0.5) is 5.69 Å². The molecule has 0 bridgehead atoms. The van der Waals surface area contributed by atoms with Crippen LogP contribution in [0.1, 0.15) is 12.0 Å². The smallest absolute Gasteiger partial charge is 0.103 e. The molecule has 0 amide bonds. The van der Waals surface area contributed by atoms with Crippen molar-refractivity contribution < 1.29 is 0 Å². The van der Waals surface area contributed by atoms with Crippen LogP contribution in [0.3, 0.4) is 0 Å². The monoisotopic (exact) mass is 263 g/mol. The van der Waals surface area contributed by atoms with E-state index in [4.69, 9.17) is 10.5 Å². The lowest BCUT2D eigenvalue weighted by Gasteiger charge is -2.19. The van der Waals surface area contributed by atoms with E-state index in [9.17, 15) is 0 Å². The van der Waals surface area contributed by atoms with Gasteiger partial charge < -0.3 is 4.90 Å². The lowest BCUT2D eigenvalue weighted by Crippen LogP contribution is -2.19. The Bertz CT molecular complexity index is 428. The van der Waals surface area contributed by atoms with Gasteiger partial charge in [0.15, 0.2) is 0 Å². The van der Waals surface area contributed by atoms with E-state index < -0.39 is 0 Å². The van der Waals surface area contributed by atoms with E-state index in [-0.39, 0.29) is 0 Å². The average Bonchev–Trinajstić information content (AvgIpc) is 2.25. The molecule has 0 N–H and O–H groups in total. The fourth-order valence-electron chi connectivity index (χ4n) is 1.28. The van der Waals surface area contributed by atoms with E-state index in [2.05, 4.69) is 28.1 Å². The molecule has 76 valence electrons. The summed E-state index contributed by atoms with van der Waals surface area (Å²) < 4.78 is 0.784. The van der Waals surface area contributed by atoms with Crippen molar-refractivity contribution in [3.05, 3.63) is 28.2 Å². The Morgan fingerprint density at radius 3 is 2.73 bits per heavy atom. The quantitative estimate of drug-likeness (QED) is 0.843. The number of halogens is 1. The first kappa shape index (κ1) is 11.6. The van der Waals surface area contributed by atoms with Gasteiger partial charge in [-0.1, -0.05) is 6.07 Å². The van der Waals surface area contributed by atoms with Crippen LogP contribution >= 0.6 is 15.9 Å². The Morgan fingerprint density at radius 1 is 1.40 bits per heavy atom. The van der Waals surface area contributed by atoms with Crippen LogP contribution in [-0.2, 0) is 0 Å². The molecule has 1 aromatic carbocycles. The third-order valence-corrected chi connectivity index (χ3v) is 2.73. The van der Waals surface area contributed by atoms with Gasteiger partial charge in [-0.25, -0.2) is 0 Å². The van der Waals surface area contributed by atoms with Crippen molar-refractivity contribution in [3.63, 3.8) is 0 Å². The molecule has 0 aliphatic heterocycles. The summed E-state index contributed by atoms with van der Waals surface area (Å²) in [5.74, 6) is 0. The highest BCUT2D eigenvalue weighted by atomic mass is 79.9. The van der Waals surface area contributed by atoms with Gasteiger partial charge in [0.1, 0.15) is 6.07 Å². The molecule has 0 unspecified atom stereocenters. The maximum atomic E-state index is 9.00. The van der Waals surface area contributed by atoms with Crippen LogP contribution in [0, 0.1) is 22.7 Å². The normalized spacial score (nSPS) is 9.07. The summed E-state index contributed by atoms with van der Waals surface area (Å²) in [5.41, 5.74) is 1.46. The van der Waals surface area contributed by atoms with Crippen molar-refractivity contribution >= 4 is 21.6 Å². The number of nitriles is 2. The number of hydrogen-bond donors (Lipinski definition) is 0. The first-order chi connectivity index (χ1) is 7.20. The van der Waals surface area contributed by atoms with E-state index in [1.165, 1.54) is 0 Å². The first-order valence-electron chi connectivity index (χ1n) is 4.47. The summed E-state index contributed by atoms with van der Waals surface area (Å²) in [6.45, 7) is 0.627. The van der Waals surface area contributed by atoms with Gasteiger partial charge in [0, 0.05) is 18.1 Å². The van der Waals surface area contributed by atoms with Crippen LogP contribution < -0.4 is 4.90 Å². The van der Waals surface area contributed by atoms with Gasteiger partial charge >= 0.3 is 0 Å². The largest absolute Gasteiger partial charge is 0.372 e. The first-order valence-corrected chi connectivity index (χ1v) is 5.26. The highest BCUT2D eigenvalue weighted by Gasteiger charge is 2.09. The summed E-state index contributed by atoms with van der Waals surface area (Å²) in [6.07, 6.45) is 0.452. The number of anilines is 1. The molecule has 1 aromatic rings. The number of nitrogens with zero attached hydrogens (tertiary/aromatic N) is 3. The SMILES string of the molecule is CN(CCC#N)c1cccc(Br)c1C#N. The maximum absolute atomic E-state index is 9.00. The lowest BCUT2D eigenvalue weighted by molar-refractivity contribution is 0.903. The van der Waals surface area contributed by atoms with Crippen LogP contribution in [0.25, 0.3) is 0 Å². The predicted octanol–water partition coefficient (Wildman–Crippen LogP) is 2.67. The van der Waals surface area contributed by atoms with E-state index in [0.717, 1.165) is 10.2 Å². The Hall–Kier alpha value is -1.52. The van der Waals surface area contributed by atoms with Gasteiger partial charge in [-0.15, -0.1) is 0 Å². The molecule has 4 heteroatoms. The van der Waals surface area contributed by atoms with Crippen LogP contribution in [0.2, 0.25) is 0 Å². The second-order valence-electron chi connectivity index (χ2n) is 3.08. The van der Waals surface area contributed by atoms with Crippen molar-refractivity contribution in [2.24, 2.45) is 0 Å².